The second-order valence-corrected chi connectivity index (χ2v) is 10.2. The number of amides is 1. The largest absolute Gasteiger partial charge is 0.322 e. The van der Waals surface area contributed by atoms with E-state index in [4.69, 9.17) is 0 Å². The minimum Gasteiger partial charge on any atom is -0.322 e. The summed E-state index contributed by atoms with van der Waals surface area (Å²) < 4.78 is 24.8. The van der Waals surface area contributed by atoms with Crippen LogP contribution in [0.4, 0.5) is 5.69 Å². The van der Waals surface area contributed by atoms with Crippen LogP contribution in [0.1, 0.15) is 21.6 Å². The van der Waals surface area contributed by atoms with Crippen LogP contribution >= 0.6 is 23.1 Å². The van der Waals surface area contributed by atoms with Gasteiger partial charge in [-0.05, 0) is 49.7 Å². The highest BCUT2D eigenvalue weighted by atomic mass is 32.2. The van der Waals surface area contributed by atoms with Crippen molar-refractivity contribution in [1.29, 1.82) is 0 Å². The zero-order chi connectivity index (χ0) is 19.6. The van der Waals surface area contributed by atoms with E-state index < -0.39 is 15.7 Å². The number of hydrogen-bond acceptors (Lipinski definition) is 6. The van der Waals surface area contributed by atoms with Crippen molar-refractivity contribution in [3.8, 4) is 0 Å². The van der Waals surface area contributed by atoms with Crippen molar-refractivity contribution in [2.24, 2.45) is 0 Å². The Hall–Kier alpha value is -2.16. The Bertz CT molecular complexity index is 1100. The molecule has 0 saturated carbocycles. The molecule has 0 fully saturated rings. The molecule has 5 nitrogen and oxygen atoms in total. The molecule has 0 bridgehead atoms. The van der Waals surface area contributed by atoms with Crippen molar-refractivity contribution in [1.82, 2.24) is 4.98 Å². The number of nitrogens with one attached hydrogen (secondary N) is 1. The molecule has 0 radical (unpaired) electrons. The van der Waals surface area contributed by atoms with Crippen molar-refractivity contribution in [3.05, 3.63) is 64.7 Å². The first-order chi connectivity index (χ1) is 12.7. The van der Waals surface area contributed by atoms with Crippen LogP contribution in [0.5, 0.6) is 0 Å². The third-order valence-electron chi connectivity index (χ3n) is 3.78. The fraction of sp³-hybridized carbons (Fsp3) is 0.158. The summed E-state index contributed by atoms with van der Waals surface area (Å²) in [5, 5.41) is 4.81. The number of aryl methyl sites for hydroxylation is 2. The fourth-order valence-corrected chi connectivity index (χ4v) is 5.28. The third-order valence-corrected chi connectivity index (χ3v) is 6.98. The van der Waals surface area contributed by atoms with Gasteiger partial charge in [-0.2, -0.15) is 0 Å². The number of anilines is 1. The highest BCUT2D eigenvalue weighted by Gasteiger charge is 2.18. The van der Waals surface area contributed by atoms with E-state index in [1.54, 1.807) is 35.2 Å². The zero-order valence-corrected chi connectivity index (χ0v) is 17.5. The number of thiazole rings is 1. The van der Waals surface area contributed by atoms with Gasteiger partial charge < -0.3 is 5.32 Å². The number of rotatable bonds is 5. The first-order valence-corrected chi connectivity index (χ1v) is 11.6. The van der Waals surface area contributed by atoms with Gasteiger partial charge in [0.05, 0.1) is 10.5 Å². The lowest BCUT2D eigenvalue weighted by Gasteiger charge is -2.12. The predicted molar refractivity (Wildman–Crippen MR) is 110 cm³/mol. The van der Waals surface area contributed by atoms with Crippen molar-refractivity contribution >= 4 is 44.5 Å². The molecule has 1 aromatic heterocycles. The summed E-state index contributed by atoms with van der Waals surface area (Å²) >= 11 is 3.16. The SMILES string of the molecule is Cc1csc(Sc2ccc(NC(=O)c3ccccc3S(C)(=O)=O)c(C)c2)n1. The molecule has 0 spiro atoms. The molecule has 2 aromatic carbocycles. The van der Waals surface area contributed by atoms with Crippen LogP contribution in [0.15, 0.2) is 62.0 Å². The van der Waals surface area contributed by atoms with Gasteiger partial charge in [0.15, 0.2) is 14.2 Å². The Kier molecular flexibility index (Phi) is 5.69. The van der Waals surface area contributed by atoms with Crippen LogP contribution in [0.2, 0.25) is 0 Å². The van der Waals surface area contributed by atoms with Crippen molar-refractivity contribution in [2.45, 2.75) is 28.0 Å². The number of aromatic nitrogens is 1. The monoisotopic (exact) mass is 418 g/mol. The van der Waals surface area contributed by atoms with E-state index in [1.807, 2.05) is 37.4 Å². The highest BCUT2D eigenvalue weighted by Crippen LogP contribution is 2.32. The van der Waals surface area contributed by atoms with Crippen molar-refractivity contribution in [2.75, 3.05) is 11.6 Å². The molecule has 0 aliphatic heterocycles. The second kappa shape index (κ2) is 7.84. The normalized spacial score (nSPS) is 11.4. The van der Waals surface area contributed by atoms with Gasteiger partial charge in [0, 0.05) is 27.9 Å². The highest BCUT2D eigenvalue weighted by molar-refractivity contribution is 8.01. The summed E-state index contributed by atoms with van der Waals surface area (Å²) in [7, 11) is -3.49. The Labute approximate surface area is 166 Å². The lowest BCUT2D eigenvalue weighted by atomic mass is 10.1. The Morgan fingerprint density at radius 2 is 1.89 bits per heavy atom. The van der Waals surface area contributed by atoms with E-state index in [0.29, 0.717) is 5.69 Å². The minimum atomic E-state index is -3.49. The van der Waals surface area contributed by atoms with Crippen LogP contribution in [-0.2, 0) is 9.84 Å². The standard InChI is InChI=1S/C19H18N2O3S3/c1-12-10-14(26-19-20-13(2)11-25-19)8-9-16(12)21-18(22)15-6-4-5-7-17(15)27(3,23)24/h4-11H,1-3H3,(H,21,22). The Morgan fingerprint density at radius 1 is 1.15 bits per heavy atom. The molecular weight excluding hydrogens is 400 g/mol. The summed E-state index contributed by atoms with van der Waals surface area (Å²) in [4.78, 5) is 18.1. The minimum absolute atomic E-state index is 0.0199. The van der Waals surface area contributed by atoms with Crippen molar-refractivity contribution < 1.29 is 13.2 Å². The Morgan fingerprint density at radius 3 is 2.52 bits per heavy atom. The average molecular weight is 419 g/mol. The number of benzene rings is 2. The number of sulfone groups is 1. The fourth-order valence-electron chi connectivity index (χ4n) is 2.49. The van der Waals surface area contributed by atoms with Crippen LogP contribution < -0.4 is 5.32 Å². The molecule has 140 valence electrons. The molecule has 27 heavy (non-hydrogen) atoms. The predicted octanol–water partition coefficient (Wildman–Crippen LogP) is 4.57. The van der Waals surface area contributed by atoms with E-state index in [0.717, 1.165) is 26.7 Å². The summed E-state index contributed by atoms with van der Waals surface area (Å²) in [6.45, 7) is 3.86. The lowest BCUT2D eigenvalue weighted by molar-refractivity contribution is 0.102. The van der Waals surface area contributed by atoms with Crippen LogP contribution in [0.25, 0.3) is 0 Å². The number of carbonyl (C=O) groups is 1. The van der Waals surface area contributed by atoms with E-state index in [1.165, 1.54) is 12.1 Å². The molecule has 0 saturated heterocycles. The maximum absolute atomic E-state index is 12.6. The topological polar surface area (TPSA) is 76.1 Å². The van der Waals surface area contributed by atoms with E-state index in [9.17, 15) is 13.2 Å². The number of hydrogen-bond donors (Lipinski definition) is 1. The van der Waals surface area contributed by atoms with Gasteiger partial charge in [-0.15, -0.1) is 11.3 Å². The van der Waals surface area contributed by atoms with Gasteiger partial charge in [-0.3, -0.25) is 4.79 Å². The maximum Gasteiger partial charge on any atom is 0.256 e. The van der Waals surface area contributed by atoms with E-state index >= 15 is 0 Å². The van der Waals surface area contributed by atoms with Crippen LogP contribution in [0, 0.1) is 13.8 Å². The smallest absolute Gasteiger partial charge is 0.256 e. The Balaban J connectivity index is 1.81. The summed E-state index contributed by atoms with van der Waals surface area (Å²) in [6.07, 6.45) is 1.09. The average Bonchev–Trinajstić information content (AvgIpc) is 3.01. The van der Waals surface area contributed by atoms with Gasteiger partial charge in [-0.25, -0.2) is 13.4 Å². The maximum atomic E-state index is 12.6. The summed E-state index contributed by atoms with van der Waals surface area (Å²) in [5.41, 5.74) is 2.66. The van der Waals surface area contributed by atoms with Crippen LogP contribution in [-0.4, -0.2) is 25.6 Å². The molecule has 0 unspecified atom stereocenters. The first kappa shape index (κ1) is 19.6. The number of nitrogens with zero attached hydrogens (tertiary/aromatic N) is 1. The number of carbonyl (C=O) groups excluding carboxylic acids is 1. The first-order valence-electron chi connectivity index (χ1n) is 8.05. The summed E-state index contributed by atoms with van der Waals surface area (Å²) in [5.74, 6) is -0.449. The van der Waals surface area contributed by atoms with Gasteiger partial charge in [-0.1, -0.05) is 23.9 Å². The van der Waals surface area contributed by atoms with E-state index in [-0.39, 0.29) is 10.5 Å². The second-order valence-electron chi connectivity index (χ2n) is 6.06. The van der Waals surface area contributed by atoms with E-state index in [2.05, 4.69) is 10.3 Å². The molecule has 0 aliphatic rings. The van der Waals surface area contributed by atoms with Gasteiger partial charge in [0.25, 0.3) is 5.91 Å². The van der Waals surface area contributed by atoms with Gasteiger partial charge in [0.2, 0.25) is 0 Å². The zero-order valence-electron chi connectivity index (χ0n) is 15.0. The molecule has 3 aromatic rings. The third kappa shape index (κ3) is 4.77. The molecule has 0 aliphatic carbocycles. The van der Waals surface area contributed by atoms with Gasteiger partial charge in [0.1, 0.15) is 0 Å². The molecule has 1 N–H and O–H groups in total. The molecule has 0 atom stereocenters. The van der Waals surface area contributed by atoms with Gasteiger partial charge >= 0.3 is 0 Å². The van der Waals surface area contributed by atoms with Crippen LogP contribution in [0.3, 0.4) is 0 Å². The summed E-state index contributed by atoms with van der Waals surface area (Å²) in [6, 6.07) is 11.9. The molecule has 3 rings (SSSR count). The lowest BCUT2D eigenvalue weighted by Crippen LogP contribution is -2.16. The van der Waals surface area contributed by atoms with Crippen molar-refractivity contribution in [3.63, 3.8) is 0 Å². The quantitative estimate of drug-likeness (QED) is 0.657. The molecule has 8 heteroatoms. The molecule has 1 amide bonds. The molecular formula is C19H18N2O3S3. The molecule has 1 heterocycles.